The second-order valence-corrected chi connectivity index (χ2v) is 5.41. The van der Waals surface area contributed by atoms with Crippen molar-refractivity contribution in [2.75, 3.05) is 6.61 Å². The highest BCUT2D eigenvalue weighted by Gasteiger charge is 2.17. The largest absolute Gasteiger partial charge is 0.391 e. The maximum absolute atomic E-state index is 9.94. The Kier molecular flexibility index (Phi) is 5.80. The molecule has 1 aliphatic carbocycles. The minimum absolute atomic E-state index is 0.192. The molecule has 2 rings (SSSR count). The minimum atomic E-state index is -0.469. The van der Waals surface area contributed by atoms with Crippen molar-refractivity contribution in [3.63, 3.8) is 0 Å². The molecule has 1 saturated carbocycles. The number of pyridine rings is 1. The molecule has 5 nitrogen and oxygen atoms in total. The number of nitrogens with two attached hydrogens (primary N) is 1. The lowest BCUT2D eigenvalue weighted by Crippen LogP contribution is -2.21. The standard InChI is InChI=1S/C15H23N3O2/c16-15(13-7-4-8-17-10-13)18-20-11-14(19)9-12-5-2-1-3-6-12/h4,7-8,10,12,14,19H,1-3,5-6,9,11H2,(H2,16,18). The van der Waals surface area contributed by atoms with Crippen LogP contribution < -0.4 is 5.73 Å². The first-order valence-electron chi connectivity index (χ1n) is 7.29. The smallest absolute Gasteiger partial charge is 0.171 e. The van der Waals surface area contributed by atoms with Gasteiger partial charge in [0, 0.05) is 18.0 Å². The van der Waals surface area contributed by atoms with Gasteiger partial charge < -0.3 is 15.7 Å². The van der Waals surface area contributed by atoms with E-state index < -0.39 is 6.10 Å². The Labute approximate surface area is 119 Å². The maximum Gasteiger partial charge on any atom is 0.171 e. The Bertz CT molecular complexity index is 416. The summed E-state index contributed by atoms with van der Waals surface area (Å²) in [6.45, 7) is 0.192. The van der Waals surface area contributed by atoms with Crippen LogP contribution in [-0.2, 0) is 4.84 Å². The summed E-state index contributed by atoms with van der Waals surface area (Å²) in [5.41, 5.74) is 6.49. The van der Waals surface area contributed by atoms with E-state index in [1.54, 1.807) is 18.5 Å². The zero-order valence-corrected chi connectivity index (χ0v) is 11.7. The SMILES string of the molecule is NC(=NOCC(O)CC1CCCCC1)c1cccnc1. The molecule has 0 saturated heterocycles. The van der Waals surface area contributed by atoms with Gasteiger partial charge in [-0.2, -0.15) is 0 Å². The molecule has 110 valence electrons. The van der Waals surface area contributed by atoms with Gasteiger partial charge in [-0.3, -0.25) is 4.98 Å². The number of aliphatic hydroxyl groups excluding tert-OH is 1. The Balaban J connectivity index is 1.71. The molecule has 0 bridgehead atoms. The molecule has 0 aromatic carbocycles. The van der Waals surface area contributed by atoms with E-state index >= 15 is 0 Å². The first-order valence-corrected chi connectivity index (χ1v) is 7.29. The van der Waals surface area contributed by atoms with Crippen LogP contribution >= 0.6 is 0 Å². The van der Waals surface area contributed by atoms with Gasteiger partial charge >= 0.3 is 0 Å². The molecular formula is C15H23N3O2. The van der Waals surface area contributed by atoms with Gasteiger partial charge in [-0.15, -0.1) is 0 Å². The van der Waals surface area contributed by atoms with Crippen LogP contribution in [0, 0.1) is 5.92 Å². The maximum atomic E-state index is 9.94. The summed E-state index contributed by atoms with van der Waals surface area (Å²) >= 11 is 0. The number of amidine groups is 1. The molecule has 1 atom stereocenters. The van der Waals surface area contributed by atoms with Crippen molar-refractivity contribution >= 4 is 5.84 Å². The second-order valence-electron chi connectivity index (χ2n) is 5.41. The van der Waals surface area contributed by atoms with Crippen LogP contribution in [0.5, 0.6) is 0 Å². The molecule has 0 spiro atoms. The number of rotatable bonds is 6. The lowest BCUT2D eigenvalue weighted by atomic mass is 9.85. The normalized spacial score (nSPS) is 18.8. The molecule has 0 radical (unpaired) electrons. The third-order valence-electron chi connectivity index (χ3n) is 3.72. The average Bonchev–Trinajstić information content (AvgIpc) is 2.49. The zero-order valence-electron chi connectivity index (χ0n) is 11.7. The van der Waals surface area contributed by atoms with E-state index in [0.717, 1.165) is 6.42 Å². The minimum Gasteiger partial charge on any atom is -0.391 e. The topological polar surface area (TPSA) is 80.7 Å². The molecule has 1 aromatic heterocycles. The Morgan fingerprint density at radius 1 is 1.45 bits per heavy atom. The van der Waals surface area contributed by atoms with Crippen LogP contribution in [0.2, 0.25) is 0 Å². The predicted octanol–water partition coefficient (Wildman–Crippen LogP) is 2.05. The Morgan fingerprint density at radius 2 is 2.25 bits per heavy atom. The highest BCUT2D eigenvalue weighted by Crippen LogP contribution is 2.27. The van der Waals surface area contributed by atoms with Crippen LogP contribution in [0.1, 0.15) is 44.1 Å². The molecule has 1 fully saturated rings. The molecule has 20 heavy (non-hydrogen) atoms. The fourth-order valence-corrected chi connectivity index (χ4v) is 2.64. The quantitative estimate of drug-likeness (QED) is 0.474. The predicted molar refractivity (Wildman–Crippen MR) is 78.1 cm³/mol. The third kappa shape index (κ3) is 4.81. The molecule has 1 aliphatic rings. The molecule has 0 amide bonds. The number of hydrogen-bond acceptors (Lipinski definition) is 4. The number of hydrogen-bond donors (Lipinski definition) is 2. The molecular weight excluding hydrogens is 254 g/mol. The third-order valence-corrected chi connectivity index (χ3v) is 3.72. The van der Waals surface area contributed by atoms with Crippen LogP contribution in [0.3, 0.4) is 0 Å². The summed E-state index contributed by atoms with van der Waals surface area (Å²) in [5, 5.41) is 13.8. The van der Waals surface area contributed by atoms with Crippen LogP contribution in [-0.4, -0.2) is 28.6 Å². The first kappa shape index (κ1) is 14.8. The summed E-state index contributed by atoms with van der Waals surface area (Å²) in [5.74, 6) is 0.907. The molecule has 1 heterocycles. The first-order chi connectivity index (χ1) is 9.75. The van der Waals surface area contributed by atoms with E-state index in [9.17, 15) is 5.11 Å². The van der Waals surface area contributed by atoms with Crippen molar-refractivity contribution in [3.05, 3.63) is 30.1 Å². The van der Waals surface area contributed by atoms with Gasteiger partial charge in [0.25, 0.3) is 0 Å². The number of aromatic nitrogens is 1. The van der Waals surface area contributed by atoms with Crippen LogP contribution in [0.4, 0.5) is 0 Å². The second kappa shape index (κ2) is 7.85. The summed E-state index contributed by atoms with van der Waals surface area (Å²) in [6, 6.07) is 3.60. The fourth-order valence-electron chi connectivity index (χ4n) is 2.64. The average molecular weight is 277 g/mol. The lowest BCUT2D eigenvalue weighted by Gasteiger charge is -2.23. The molecule has 1 aromatic rings. The van der Waals surface area contributed by atoms with Crippen LogP contribution in [0.25, 0.3) is 0 Å². The highest BCUT2D eigenvalue weighted by molar-refractivity contribution is 5.96. The Morgan fingerprint density at radius 3 is 2.95 bits per heavy atom. The van der Waals surface area contributed by atoms with E-state index in [-0.39, 0.29) is 12.4 Å². The van der Waals surface area contributed by atoms with Crippen molar-refractivity contribution in [2.45, 2.75) is 44.6 Å². The van der Waals surface area contributed by atoms with E-state index in [1.165, 1.54) is 32.1 Å². The molecule has 0 aliphatic heterocycles. The van der Waals surface area contributed by atoms with Gasteiger partial charge in [-0.25, -0.2) is 0 Å². The number of oxime groups is 1. The highest BCUT2D eigenvalue weighted by atomic mass is 16.6. The summed E-state index contributed by atoms with van der Waals surface area (Å²) in [4.78, 5) is 9.10. The Hall–Kier alpha value is -1.62. The summed E-state index contributed by atoms with van der Waals surface area (Å²) < 4.78 is 0. The fraction of sp³-hybridized carbons (Fsp3) is 0.600. The monoisotopic (exact) mass is 277 g/mol. The summed E-state index contributed by atoms with van der Waals surface area (Å²) in [7, 11) is 0. The zero-order chi connectivity index (χ0) is 14.2. The van der Waals surface area contributed by atoms with E-state index in [0.29, 0.717) is 11.5 Å². The van der Waals surface area contributed by atoms with Crippen molar-refractivity contribution in [2.24, 2.45) is 16.8 Å². The number of aliphatic hydroxyl groups is 1. The van der Waals surface area contributed by atoms with E-state index in [2.05, 4.69) is 10.1 Å². The van der Waals surface area contributed by atoms with Gasteiger partial charge in [0.15, 0.2) is 5.84 Å². The van der Waals surface area contributed by atoms with Crippen molar-refractivity contribution < 1.29 is 9.94 Å². The van der Waals surface area contributed by atoms with E-state index in [4.69, 9.17) is 10.6 Å². The van der Waals surface area contributed by atoms with Crippen molar-refractivity contribution in [1.82, 2.24) is 4.98 Å². The molecule has 3 N–H and O–H groups in total. The van der Waals surface area contributed by atoms with Gasteiger partial charge in [0.2, 0.25) is 0 Å². The van der Waals surface area contributed by atoms with E-state index in [1.807, 2.05) is 6.07 Å². The van der Waals surface area contributed by atoms with Gasteiger partial charge in [0.1, 0.15) is 6.61 Å². The van der Waals surface area contributed by atoms with Crippen molar-refractivity contribution in [3.8, 4) is 0 Å². The van der Waals surface area contributed by atoms with Crippen LogP contribution in [0.15, 0.2) is 29.7 Å². The van der Waals surface area contributed by atoms with Gasteiger partial charge in [0.05, 0.1) is 6.10 Å². The lowest BCUT2D eigenvalue weighted by molar-refractivity contribution is 0.0235. The van der Waals surface area contributed by atoms with Gasteiger partial charge in [-0.1, -0.05) is 37.3 Å². The molecule has 1 unspecified atom stereocenters. The molecule has 5 heteroatoms. The van der Waals surface area contributed by atoms with Crippen molar-refractivity contribution in [1.29, 1.82) is 0 Å². The number of nitrogens with zero attached hydrogens (tertiary/aromatic N) is 2. The van der Waals surface area contributed by atoms with Gasteiger partial charge in [-0.05, 0) is 24.5 Å². The summed E-state index contributed by atoms with van der Waals surface area (Å²) in [6.07, 6.45) is 9.96.